The molecule has 0 aliphatic rings. The zero-order valence-electron chi connectivity index (χ0n) is 11.6. The minimum Gasteiger partial charge on any atom is -0.260 e. The van der Waals surface area contributed by atoms with Crippen molar-refractivity contribution in [1.82, 2.24) is 4.98 Å². The van der Waals surface area contributed by atoms with Crippen LogP contribution < -0.4 is 0 Å². The van der Waals surface area contributed by atoms with Crippen LogP contribution in [0.2, 0.25) is 0 Å². The summed E-state index contributed by atoms with van der Waals surface area (Å²) < 4.78 is 0. The summed E-state index contributed by atoms with van der Waals surface area (Å²) >= 11 is 0. The van der Waals surface area contributed by atoms with E-state index in [1.54, 1.807) is 0 Å². The number of fused-ring (bicyclic) bond motifs is 1. The molecule has 19 heavy (non-hydrogen) atoms. The average molecular weight is 247 g/mol. The summed E-state index contributed by atoms with van der Waals surface area (Å²) in [5.74, 6) is 0. The molecule has 0 saturated carbocycles. The lowest BCUT2D eigenvalue weighted by Gasteiger charge is -2.11. The van der Waals surface area contributed by atoms with Gasteiger partial charge in [0.25, 0.3) is 0 Å². The number of rotatable bonds is 1. The first kappa shape index (κ1) is 11.9. The molecular formula is C18H17N. The largest absolute Gasteiger partial charge is 0.260 e. The van der Waals surface area contributed by atoms with Crippen molar-refractivity contribution < 1.29 is 0 Å². The van der Waals surface area contributed by atoms with Crippen LogP contribution in [0.25, 0.3) is 21.9 Å². The average Bonchev–Trinajstić information content (AvgIpc) is 2.41. The number of aryl methyl sites for hydroxylation is 3. The van der Waals surface area contributed by atoms with Crippen LogP contribution in [0.15, 0.2) is 48.7 Å². The maximum absolute atomic E-state index is 4.57. The zero-order valence-corrected chi connectivity index (χ0v) is 11.6. The van der Waals surface area contributed by atoms with Crippen molar-refractivity contribution in [2.45, 2.75) is 20.8 Å². The Morgan fingerprint density at radius 1 is 0.842 bits per heavy atom. The van der Waals surface area contributed by atoms with E-state index in [1.165, 1.54) is 33.0 Å². The highest BCUT2D eigenvalue weighted by molar-refractivity contribution is 5.99. The van der Waals surface area contributed by atoms with Gasteiger partial charge in [-0.05, 0) is 37.3 Å². The first-order chi connectivity index (χ1) is 9.16. The van der Waals surface area contributed by atoms with Gasteiger partial charge in [0.1, 0.15) is 0 Å². The van der Waals surface area contributed by atoms with Crippen molar-refractivity contribution in [3.8, 4) is 11.1 Å². The summed E-state index contributed by atoms with van der Waals surface area (Å²) in [6, 6.07) is 15.1. The van der Waals surface area contributed by atoms with Crippen molar-refractivity contribution in [2.24, 2.45) is 0 Å². The molecular weight excluding hydrogens is 230 g/mol. The van der Waals surface area contributed by atoms with E-state index in [-0.39, 0.29) is 0 Å². The van der Waals surface area contributed by atoms with Gasteiger partial charge in [0.2, 0.25) is 0 Å². The van der Waals surface area contributed by atoms with Gasteiger partial charge >= 0.3 is 0 Å². The molecule has 1 aromatic heterocycles. The highest BCUT2D eigenvalue weighted by atomic mass is 14.7. The molecule has 0 atom stereocenters. The number of hydrogen-bond acceptors (Lipinski definition) is 1. The summed E-state index contributed by atoms with van der Waals surface area (Å²) in [6.45, 7) is 6.34. The summed E-state index contributed by atoms with van der Waals surface area (Å²) in [5, 5.41) is 2.57. The molecule has 0 amide bonds. The van der Waals surface area contributed by atoms with E-state index in [1.807, 2.05) is 6.20 Å². The number of hydrogen-bond donors (Lipinski definition) is 0. The lowest BCUT2D eigenvalue weighted by molar-refractivity contribution is 1.23. The minimum atomic E-state index is 1.10. The quantitative estimate of drug-likeness (QED) is 0.600. The van der Waals surface area contributed by atoms with E-state index in [0.29, 0.717) is 0 Å². The third-order valence-corrected chi connectivity index (χ3v) is 3.67. The van der Waals surface area contributed by atoms with Crippen LogP contribution in [0.5, 0.6) is 0 Å². The van der Waals surface area contributed by atoms with E-state index in [0.717, 1.165) is 5.69 Å². The Balaban J connectivity index is 2.34. The van der Waals surface area contributed by atoms with Crippen molar-refractivity contribution >= 4 is 10.8 Å². The van der Waals surface area contributed by atoms with Crippen molar-refractivity contribution in [1.29, 1.82) is 0 Å². The fourth-order valence-electron chi connectivity index (χ4n) is 2.63. The third-order valence-electron chi connectivity index (χ3n) is 3.67. The fourth-order valence-corrected chi connectivity index (χ4v) is 2.63. The fraction of sp³-hybridized carbons (Fsp3) is 0.167. The normalized spacial score (nSPS) is 10.9. The molecule has 0 radical (unpaired) electrons. The van der Waals surface area contributed by atoms with Crippen molar-refractivity contribution in [3.05, 3.63) is 65.5 Å². The Morgan fingerprint density at radius 2 is 1.58 bits per heavy atom. The molecule has 3 aromatic rings. The summed E-state index contributed by atoms with van der Waals surface area (Å²) in [7, 11) is 0. The summed E-state index contributed by atoms with van der Waals surface area (Å²) in [4.78, 5) is 4.57. The van der Waals surface area contributed by atoms with Crippen LogP contribution in [-0.2, 0) is 0 Å². The maximum Gasteiger partial charge on any atom is 0.0454 e. The second-order valence-electron chi connectivity index (χ2n) is 5.12. The highest BCUT2D eigenvalue weighted by Gasteiger charge is 2.08. The van der Waals surface area contributed by atoms with Gasteiger partial charge in [0.05, 0.1) is 0 Å². The highest BCUT2D eigenvalue weighted by Crippen LogP contribution is 2.31. The molecule has 0 aliphatic carbocycles. The molecule has 0 aliphatic heterocycles. The second kappa shape index (κ2) is 4.51. The van der Waals surface area contributed by atoms with Gasteiger partial charge in [-0.2, -0.15) is 0 Å². The Morgan fingerprint density at radius 3 is 2.32 bits per heavy atom. The zero-order chi connectivity index (χ0) is 13.4. The van der Waals surface area contributed by atoms with E-state index < -0.39 is 0 Å². The predicted molar refractivity (Wildman–Crippen MR) is 81.4 cm³/mol. The van der Waals surface area contributed by atoms with E-state index in [4.69, 9.17) is 0 Å². The molecule has 0 fully saturated rings. The topological polar surface area (TPSA) is 12.9 Å². The number of benzene rings is 2. The molecule has 0 saturated heterocycles. The van der Waals surface area contributed by atoms with Gasteiger partial charge in [0.15, 0.2) is 0 Å². The standard InChI is InChI=1S/C18H17N/c1-12-7-9-15(10-8-12)17-11-19-14(3)18-13(2)5-4-6-16(17)18/h4-11H,1-3H3. The Kier molecular flexibility index (Phi) is 2.83. The Hall–Kier alpha value is -2.15. The van der Waals surface area contributed by atoms with E-state index in [2.05, 4.69) is 68.2 Å². The minimum absolute atomic E-state index is 1.10. The summed E-state index contributed by atoms with van der Waals surface area (Å²) in [5.41, 5.74) is 6.11. The van der Waals surface area contributed by atoms with Gasteiger partial charge in [-0.1, -0.05) is 48.0 Å². The molecule has 0 N–H and O–H groups in total. The molecule has 1 heterocycles. The first-order valence-corrected chi connectivity index (χ1v) is 6.59. The van der Waals surface area contributed by atoms with Gasteiger partial charge < -0.3 is 0 Å². The molecule has 1 heteroatoms. The van der Waals surface area contributed by atoms with Crippen LogP contribution in [0.1, 0.15) is 16.8 Å². The van der Waals surface area contributed by atoms with Crippen LogP contribution in [0.4, 0.5) is 0 Å². The molecule has 3 rings (SSSR count). The lowest BCUT2D eigenvalue weighted by Crippen LogP contribution is -1.91. The van der Waals surface area contributed by atoms with Crippen LogP contribution in [0.3, 0.4) is 0 Å². The molecule has 0 spiro atoms. The number of pyridine rings is 1. The van der Waals surface area contributed by atoms with Crippen LogP contribution in [0, 0.1) is 20.8 Å². The van der Waals surface area contributed by atoms with Crippen LogP contribution in [-0.4, -0.2) is 4.98 Å². The van der Waals surface area contributed by atoms with Gasteiger partial charge in [0, 0.05) is 22.8 Å². The smallest absolute Gasteiger partial charge is 0.0454 e. The van der Waals surface area contributed by atoms with Crippen LogP contribution >= 0.6 is 0 Å². The van der Waals surface area contributed by atoms with Gasteiger partial charge in [-0.25, -0.2) is 0 Å². The first-order valence-electron chi connectivity index (χ1n) is 6.59. The predicted octanol–water partition coefficient (Wildman–Crippen LogP) is 4.83. The lowest BCUT2D eigenvalue weighted by atomic mass is 9.96. The number of nitrogens with zero attached hydrogens (tertiary/aromatic N) is 1. The van der Waals surface area contributed by atoms with Gasteiger partial charge in [-0.3, -0.25) is 4.98 Å². The van der Waals surface area contributed by atoms with Gasteiger partial charge in [-0.15, -0.1) is 0 Å². The Bertz CT molecular complexity index is 731. The van der Waals surface area contributed by atoms with E-state index >= 15 is 0 Å². The third kappa shape index (κ3) is 2.01. The molecule has 2 aromatic carbocycles. The molecule has 94 valence electrons. The summed E-state index contributed by atoms with van der Waals surface area (Å²) in [6.07, 6.45) is 1.99. The Labute approximate surface area is 113 Å². The monoisotopic (exact) mass is 247 g/mol. The molecule has 0 bridgehead atoms. The maximum atomic E-state index is 4.57. The van der Waals surface area contributed by atoms with E-state index in [9.17, 15) is 0 Å². The second-order valence-corrected chi connectivity index (χ2v) is 5.12. The molecule has 0 unspecified atom stereocenters. The van der Waals surface area contributed by atoms with Crippen molar-refractivity contribution in [2.75, 3.05) is 0 Å². The number of aromatic nitrogens is 1. The molecule has 1 nitrogen and oxygen atoms in total. The SMILES string of the molecule is Cc1ccc(-c2cnc(C)c3c(C)cccc23)cc1. The van der Waals surface area contributed by atoms with Crippen molar-refractivity contribution in [3.63, 3.8) is 0 Å².